The van der Waals surface area contributed by atoms with E-state index < -0.39 is 17.2 Å². The Morgan fingerprint density at radius 1 is 1.33 bits per heavy atom. The van der Waals surface area contributed by atoms with E-state index in [1.165, 1.54) is 0 Å². The molecule has 1 atom stereocenters. The Labute approximate surface area is 110 Å². The van der Waals surface area contributed by atoms with Gasteiger partial charge in [-0.25, -0.2) is 4.79 Å². The van der Waals surface area contributed by atoms with Crippen LogP contribution in [0.1, 0.15) is 40.5 Å². The lowest BCUT2D eigenvalue weighted by Crippen LogP contribution is -2.53. The van der Waals surface area contributed by atoms with Gasteiger partial charge in [0, 0.05) is 0 Å². The number of rotatable bonds is 6. The molecule has 0 aliphatic carbocycles. The van der Waals surface area contributed by atoms with E-state index in [2.05, 4.69) is 5.32 Å². The molecular formula is C13H28N2O3. The molecule has 108 valence electrons. The summed E-state index contributed by atoms with van der Waals surface area (Å²) in [7, 11) is 3.93. The van der Waals surface area contributed by atoms with Gasteiger partial charge >= 0.3 is 6.09 Å². The summed E-state index contributed by atoms with van der Waals surface area (Å²) < 4.78 is 5.23. The molecule has 0 unspecified atom stereocenters. The molecule has 0 aliphatic rings. The molecule has 0 heterocycles. The van der Waals surface area contributed by atoms with Crippen molar-refractivity contribution in [3.05, 3.63) is 0 Å². The Bertz CT molecular complexity index is 255. The van der Waals surface area contributed by atoms with E-state index in [4.69, 9.17) is 4.74 Å². The normalized spacial score (nSPS) is 15.3. The molecular weight excluding hydrogens is 232 g/mol. The molecule has 0 aromatic heterocycles. The van der Waals surface area contributed by atoms with Crippen LogP contribution in [0.5, 0.6) is 0 Å². The first kappa shape index (κ1) is 17.2. The van der Waals surface area contributed by atoms with Crippen molar-refractivity contribution in [1.82, 2.24) is 10.2 Å². The highest BCUT2D eigenvalue weighted by atomic mass is 16.6. The van der Waals surface area contributed by atoms with Crippen LogP contribution in [0, 0.1) is 0 Å². The van der Waals surface area contributed by atoms with Crippen LogP contribution in [-0.4, -0.2) is 54.5 Å². The Balaban J connectivity index is 4.55. The van der Waals surface area contributed by atoms with E-state index in [0.717, 1.165) is 6.54 Å². The van der Waals surface area contributed by atoms with Crippen molar-refractivity contribution in [3.8, 4) is 0 Å². The van der Waals surface area contributed by atoms with E-state index in [9.17, 15) is 9.90 Å². The third-order valence-corrected chi connectivity index (χ3v) is 2.78. The number of carbonyl (C=O) groups is 1. The average Bonchev–Trinajstić information content (AvgIpc) is 2.21. The van der Waals surface area contributed by atoms with Crippen molar-refractivity contribution in [2.45, 2.75) is 51.7 Å². The summed E-state index contributed by atoms with van der Waals surface area (Å²) in [6, 6.07) is 0. The lowest BCUT2D eigenvalue weighted by Gasteiger charge is -2.34. The molecule has 0 aromatic rings. The molecule has 0 aliphatic heterocycles. The van der Waals surface area contributed by atoms with Crippen LogP contribution in [-0.2, 0) is 4.74 Å². The number of hydrogen-bond acceptors (Lipinski definition) is 4. The van der Waals surface area contributed by atoms with Crippen LogP contribution in [0.15, 0.2) is 0 Å². The SMILES string of the molecule is CC[C@](CO)(CCN(C)C)NC(=O)OC(C)(C)C. The summed E-state index contributed by atoms with van der Waals surface area (Å²) in [5.74, 6) is 0. The number of aliphatic hydroxyl groups is 1. The summed E-state index contributed by atoms with van der Waals surface area (Å²) in [6.45, 7) is 8.11. The Kier molecular flexibility index (Phi) is 6.63. The van der Waals surface area contributed by atoms with Crippen LogP contribution < -0.4 is 5.32 Å². The minimum atomic E-state index is -0.605. The van der Waals surface area contributed by atoms with Crippen LogP contribution in [0.4, 0.5) is 4.79 Å². The van der Waals surface area contributed by atoms with Gasteiger partial charge < -0.3 is 20.1 Å². The number of amides is 1. The molecule has 18 heavy (non-hydrogen) atoms. The fraction of sp³-hybridized carbons (Fsp3) is 0.923. The van der Waals surface area contributed by atoms with E-state index >= 15 is 0 Å². The average molecular weight is 260 g/mol. The van der Waals surface area contributed by atoms with Gasteiger partial charge in [0.15, 0.2) is 0 Å². The van der Waals surface area contributed by atoms with Gasteiger partial charge in [-0.15, -0.1) is 0 Å². The fourth-order valence-electron chi connectivity index (χ4n) is 1.52. The minimum Gasteiger partial charge on any atom is -0.444 e. The van der Waals surface area contributed by atoms with Crippen LogP contribution in [0.2, 0.25) is 0 Å². The maximum atomic E-state index is 11.8. The Morgan fingerprint density at radius 3 is 2.22 bits per heavy atom. The fourth-order valence-corrected chi connectivity index (χ4v) is 1.52. The van der Waals surface area contributed by atoms with Gasteiger partial charge in [0.05, 0.1) is 12.1 Å². The Morgan fingerprint density at radius 2 is 1.89 bits per heavy atom. The summed E-state index contributed by atoms with van der Waals surface area (Å²) in [5, 5.41) is 12.4. The number of alkyl carbamates (subject to hydrolysis) is 1. The van der Waals surface area contributed by atoms with Crippen molar-refractivity contribution >= 4 is 6.09 Å². The molecule has 1 amide bonds. The molecule has 0 aromatic carbocycles. The lowest BCUT2D eigenvalue weighted by atomic mass is 9.93. The summed E-state index contributed by atoms with van der Waals surface area (Å²) >= 11 is 0. The molecule has 0 spiro atoms. The maximum Gasteiger partial charge on any atom is 0.408 e. The maximum absolute atomic E-state index is 11.8. The van der Waals surface area contributed by atoms with Gasteiger partial charge in [-0.2, -0.15) is 0 Å². The second-order valence-electron chi connectivity index (χ2n) is 5.97. The van der Waals surface area contributed by atoms with Crippen molar-refractivity contribution < 1.29 is 14.6 Å². The van der Waals surface area contributed by atoms with Crippen LogP contribution in [0.25, 0.3) is 0 Å². The molecule has 0 saturated carbocycles. The highest BCUT2D eigenvalue weighted by molar-refractivity contribution is 5.68. The summed E-state index contributed by atoms with van der Waals surface area (Å²) in [4.78, 5) is 13.8. The Hall–Kier alpha value is -0.810. The van der Waals surface area contributed by atoms with Gasteiger partial charge in [0.2, 0.25) is 0 Å². The number of carbonyl (C=O) groups excluding carboxylic acids is 1. The van der Waals surface area contributed by atoms with Gasteiger partial charge in [-0.05, 0) is 54.3 Å². The number of ether oxygens (including phenoxy) is 1. The van der Waals surface area contributed by atoms with Crippen LogP contribution >= 0.6 is 0 Å². The third-order valence-electron chi connectivity index (χ3n) is 2.78. The second-order valence-corrected chi connectivity index (χ2v) is 5.97. The largest absolute Gasteiger partial charge is 0.444 e. The first-order valence-corrected chi connectivity index (χ1v) is 6.41. The molecule has 0 radical (unpaired) electrons. The van der Waals surface area contributed by atoms with Crippen LogP contribution in [0.3, 0.4) is 0 Å². The number of hydrogen-bond donors (Lipinski definition) is 2. The highest BCUT2D eigenvalue weighted by Crippen LogP contribution is 2.17. The zero-order valence-corrected chi connectivity index (χ0v) is 12.5. The second kappa shape index (κ2) is 6.95. The monoisotopic (exact) mass is 260 g/mol. The first-order valence-electron chi connectivity index (χ1n) is 6.41. The molecule has 5 nitrogen and oxygen atoms in total. The molecule has 5 heteroatoms. The molecule has 0 bridgehead atoms. The van der Waals surface area contributed by atoms with E-state index in [1.54, 1.807) is 0 Å². The molecule has 0 fully saturated rings. The number of nitrogens with zero attached hydrogens (tertiary/aromatic N) is 1. The smallest absolute Gasteiger partial charge is 0.408 e. The van der Waals surface area contributed by atoms with Crippen molar-refractivity contribution in [1.29, 1.82) is 0 Å². The first-order chi connectivity index (χ1) is 8.14. The van der Waals surface area contributed by atoms with Crippen molar-refractivity contribution in [2.75, 3.05) is 27.2 Å². The number of aliphatic hydroxyl groups excluding tert-OH is 1. The van der Waals surface area contributed by atoms with Gasteiger partial charge in [0.25, 0.3) is 0 Å². The van der Waals surface area contributed by atoms with Gasteiger partial charge in [-0.1, -0.05) is 6.92 Å². The van der Waals surface area contributed by atoms with Crippen molar-refractivity contribution in [3.63, 3.8) is 0 Å². The zero-order chi connectivity index (χ0) is 14.4. The van der Waals surface area contributed by atoms with Gasteiger partial charge in [-0.3, -0.25) is 0 Å². The zero-order valence-electron chi connectivity index (χ0n) is 12.5. The number of nitrogens with one attached hydrogen (secondary N) is 1. The summed E-state index contributed by atoms with van der Waals surface area (Å²) in [5.41, 5.74) is -1.13. The van der Waals surface area contributed by atoms with E-state index in [-0.39, 0.29) is 6.61 Å². The predicted octanol–water partition coefficient (Wildman–Crippen LogP) is 1.60. The standard InChI is InChI=1S/C13H28N2O3/c1-7-13(10-16,8-9-15(5)6)14-11(17)18-12(2,3)4/h16H,7-10H2,1-6H3,(H,14,17)/t13-/m1/s1. The van der Waals surface area contributed by atoms with E-state index in [0.29, 0.717) is 12.8 Å². The minimum absolute atomic E-state index is 0.0867. The quantitative estimate of drug-likeness (QED) is 0.761. The lowest BCUT2D eigenvalue weighted by molar-refractivity contribution is 0.0371. The third kappa shape index (κ3) is 6.81. The topological polar surface area (TPSA) is 61.8 Å². The van der Waals surface area contributed by atoms with Crippen molar-refractivity contribution in [2.24, 2.45) is 0 Å². The van der Waals surface area contributed by atoms with E-state index in [1.807, 2.05) is 46.7 Å². The molecule has 0 rings (SSSR count). The molecule has 0 saturated heterocycles. The predicted molar refractivity (Wildman–Crippen MR) is 72.6 cm³/mol. The molecule has 2 N–H and O–H groups in total. The highest BCUT2D eigenvalue weighted by Gasteiger charge is 2.31. The summed E-state index contributed by atoms with van der Waals surface area (Å²) in [6.07, 6.45) is 0.875. The van der Waals surface area contributed by atoms with Gasteiger partial charge in [0.1, 0.15) is 5.60 Å².